The van der Waals surface area contributed by atoms with Gasteiger partial charge in [-0.05, 0) is 19.8 Å². The van der Waals surface area contributed by atoms with Gasteiger partial charge >= 0.3 is 12.2 Å². The molecule has 130 valence electrons. The third-order valence-corrected chi connectivity index (χ3v) is 2.78. The number of carbonyl (C=O) groups is 2. The molecule has 0 saturated heterocycles. The van der Waals surface area contributed by atoms with Crippen molar-refractivity contribution in [3.05, 3.63) is 0 Å². The van der Waals surface area contributed by atoms with Gasteiger partial charge in [0.2, 0.25) is 0 Å². The Morgan fingerprint density at radius 1 is 0.909 bits per heavy atom. The number of ether oxygens (including phenoxy) is 3. The molecule has 0 heterocycles. The summed E-state index contributed by atoms with van der Waals surface area (Å²) in [5.41, 5.74) is 0. The Morgan fingerprint density at radius 3 is 2.05 bits per heavy atom. The molecule has 1 atom stereocenters. The van der Waals surface area contributed by atoms with Gasteiger partial charge in [-0.2, -0.15) is 0 Å². The quantitative estimate of drug-likeness (QED) is 0.540. The van der Waals surface area contributed by atoms with Crippen LogP contribution in [0, 0.1) is 0 Å². The summed E-state index contributed by atoms with van der Waals surface area (Å²) in [5, 5.41) is 5.28. The first-order chi connectivity index (χ1) is 10.6. The molecule has 7 nitrogen and oxygen atoms in total. The number of alkyl carbamates (subject to hydrolysis) is 2. The number of amides is 2. The molecular weight excluding hydrogens is 288 g/mol. The summed E-state index contributed by atoms with van der Waals surface area (Å²) in [6.45, 7) is 7.72. The topological polar surface area (TPSA) is 85.9 Å². The monoisotopic (exact) mass is 318 g/mol. The van der Waals surface area contributed by atoms with Crippen molar-refractivity contribution >= 4 is 12.2 Å². The lowest BCUT2D eigenvalue weighted by Crippen LogP contribution is -2.36. The average Bonchev–Trinajstić information content (AvgIpc) is 2.50. The van der Waals surface area contributed by atoms with E-state index in [0.29, 0.717) is 19.7 Å². The molecule has 2 N–H and O–H groups in total. The van der Waals surface area contributed by atoms with Crippen LogP contribution in [0.2, 0.25) is 0 Å². The van der Waals surface area contributed by atoms with E-state index in [9.17, 15) is 9.59 Å². The fourth-order valence-electron chi connectivity index (χ4n) is 1.51. The van der Waals surface area contributed by atoms with Crippen LogP contribution in [0.1, 0.15) is 46.5 Å². The van der Waals surface area contributed by atoms with Crippen molar-refractivity contribution in [2.75, 3.05) is 32.9 Å². The van der Waals surface area contributed by atoms with Crippen LogP contribution in [0.5, 0.6) is 0 Å². The Kier molecular flexibility index (Phi) is 13.5. The van der Waals surface area contributed by atoms with E-state index in [1.54, 1.807) is 0 Å². The second-order valence-corrected chi connectivity index (χ2v) is 4.85. The maximum atomic E-state index is 11.6. The Bertz CT molecular complexity index is 300. The van der Waals surface area contributed by atoms with Gasteiger partial charge in [-0.15, -0.1) is 0 Å². The number of unbranched alkanes of at least 4 members (excludes halogenated alkanes) is 2. The second-order valence-electron chi connectivity index (χ2n) is 4.85. The first-order valence-corrected chi connectivity index (χ1v) is 8.06. The van der Waals surface area contributed by atoms with Gasteiger partial charge < -0.3 is 24.8 Å². The number of carbonyl (C=O) groups excluding carboxylic acids is 2. The molecule has 0 aromatic rings. The van der Waals surface area contributed by atoms with Gasteiger partial charge in [0.05, 0.1) is 6.61 Å². The zero-order valence-corrected chi connectivity index (χ0v) is 14.0. The van der Waals surface area contributed by atoms with Crippen molar-refractivity contribution in [2.45, 2.75) is 52.6 Å². The van der Waals surface area contributed by atoms with Crippen LogP contribution >= 0.6 is 0 Å². The summed E-state index contributed by atoms with van der Waals surface area (Å²) in [4.78, 5) is 23.1. The second kappa shape index (κ2) is 14.4. The molecule has 22 heavy (non-hydrogen) atoms. The van der Waals surface area contributed by atoms with Crippen molar-refractivity contribution in [2.24, 2.45) is 0 Å². The average molecular weight is 318 g/mol. The zero-order chi connectivity index (χ0) is 16.6. The van der Waals surface area contributed by atoms with Gasteiger partial charge in [0.25, 0.3) is 0 Å². The summed E-state index contributed by atoms with van der Waals surface area (Å²) in [6.07, 6.45) is 2.13. The maximum absolute atomic E-state index is 11.6. The number of hydrogen-bond acceptors (Lipinski definition) is 5. The molecule has 0 rings (SSSR count). The first-order valence-electron chi connectivity index (χ1n) is 8.06. The van der Waals surface area contributed by atoms with Gasteiger partial charge in [0.1, 0.15) is 6.61 Å². The largest absolute Gasteiger partial charge is 0.446 e. The number of rotatable bonds is 12. The summed E-state index contributed by atoms with van der Waals surface area (Å²) in [5.74, 6) is 0. The summed E-state index contributed by atoms with van der Waals surface area (Å²) in [6, 6.07) is 0. The van der Waals surface area contributed by atoms with Crippen LogP contribution in [-0.4, -0.2) is 51.2 Å². The third-order valence-electron chi connectivity index (χ3n) is 2.78. The van der Waals surface area contributed by atoms with E-state index >= 15 is 0 Å². The summed E-state index contributed by atoms with van der Waals surface area (Å²) >= 11 is 0. The van der Waals surface area contributed by atoms with Gasteiger partial charge in [-0.3, -0.25) is 0 Å². The molecule has 1 unspecified atom stereocenters. The van der Waals surface area contributed by atoms with Gasteiger partial charge in [0.15, 0.2) is 6.10 Å². The fourth-order valence-corrected chi connectivity index (χ4v) is 1.51. The van der Waals surface area contributed by atoms with Crippen LogP contribution in [-0.2, 0) is 14.2 Å². The predicted octanol–water partition coefficient (Wildman–Crippen LogP) is 2.44. The maximum Gasteiger partial charge on any atom is 0.407 e. The van der Waals surface area contributed by atoms with Crippen LogP contribution < -0.4 is 10.6 Å². The molecule has 0 aliphatic heterocycles. The third kappa shape index (κ3) is 12.3. The Labute approximate surface area is 133 Å². The van der Waals surface area contributed by atoms with Gasteiger partial charge in [-0.25, -0.2) is 9.59 Å². The molecule has 0 aromatic heterocycles. The van der Waals surface area contributed by atoms with Crippen LogP contribution in [0.15, 0.2) is 0 Å². The minimum Gasteiger partial charge on any atom is -0.446 e. The first kappa shape index (κ1) is 20.5. The molecule has 0 aromatic carbocycles. The molecule has 0 aliphatic carbocycles. The van der Waals surface area contributed by atoms with Crippen LogP contribution in [0.4, 0.5) is 9.59 Å². The van der Waals surface area contributed by atoms with Crippen LogP contribution in [0.25, 0.3) is 0 Å². The lowest BCUT2D eigenvalue weighted by molar-refractivity contribution is -0.00880. The fraction of sp³-hybridized carbons (Fsp3) is 0.867. The van der Waals surface area contributed by atoms with Crippen LogP contribution in [0.3, 0.4) is 0 Å². The predicted molar refractivity (Wildman–Crippen MR) is 83.9 cm³/mol. The highest BCUT2D eigenvalue weighted by molar-refractivity contribution is 5.68. The highest BCUT2D eigenvalue weighted by Crippen LogP contribution is 1.98. The Balaban J connectivity index is 4.05. The van der Waals surface area contributed by atoms with Crippen molar-refractivity contribution < 1.29 is 23.8 Å². The SMILES string of the molecule is CCCCNC(=O)OCC(COCC)OC(=O)NCCCC. The molecular formula is C15H30N2O5. The van der Waals surface area contributed by atoms with Crippen molar-refractivity contribution in [3.8, 4) is 0 Å². The standard InChI is InChI=1S/C15H30N2O5/c1-4-7-9-16-14(18)21-12-13(11-20-6-3)22-15(19)17-10-8-5-2/h13H,4-12H2,1-3H3,(H,16,18)(H,17,19). The van der Waals surface area contributed by atoms with Crippen molar-refractivity contribution in [1.29, 1.82) is 0 Å². The molecule has 2 amide bonds. The minimum atomic E-state index is -0.612. The number of nitrogens with one attached hydrogen (secondary N) is 2. The van der Waals surface area contributed by atoms with Crippen molar-refractivity contribution in [3.63, 3.8) is 0 Å². The summed E-state index contributed by atoms with van der Waals surface area (Å²) in [7, 11) is 0. The molecule has 0 radical (unpaired) electrons. The highest BCUT2D eigenvalue weighted by Gasteiger charge is 2.17. The van der Waals surface area contributed by atoms with Crippen molar-refractivity contribution in [1.82, 2.24) is 10.6 Å². The van der Waals surface area contributed by atoms with E-state index in [0.717, 1.165) is 25.7 Å². The van der Waals surface area contributed by atoms with Gasteiger partial charge in [0, 0.05) is 19.7 Å². The van der Waals surface area contributed by atoms with E-state index < -0.39 is 18.3 Å². The lowest BCUT2D eigenvalue weighted by Gasteiger charge is -2.18. The molecule has 0 fully saturated rings. The Morgan fingerprint density at radius 2 is 1.50 bits per heavy atom. The Hall–Kier alpha value is -1.50. The molecule has 0 aliphatic rings. The minimum absolute atomic E-state index is 0.0286. The van der Waals surface area contributed by atoms with E-state index in [-0.39, 0.29) is 13.2 Å². The molecule has 7 heteroatoms. The molecule has 0 saturated carbocycles. The highest BCUT2D eigenvalue weighted by atomic mass is 16.6. The zero-order valence-electron chi connectivity index (χ0n) is 14.0. The van der Waals surface area contributed by atoms with E-state index in [1.165, 1.54) is 0 Å². The number of hydrogen-bond donors (Lipinski definition) is 2. The van der Waals surface area contributed by atoms with E-state index in [4.69, 9.17) is 14.2 Å². The molecule has 0 bridgehead atoms. The smallest absolute Gasteiger partial charge is 0.407 e. The normalized spacial score (nSPS) is 11.6. The lowest BCUT2D eigenvalue weighted by atomic mass is 10.3. The molecule has 0 spiro atoms. The van der Waals surface area contributed by atoms with E-state index in [2.05, 4.69) is 10.6 Å². The van der Waals surface area contributed by atoms with Gasteiger partial charge in [-0.1, -0.05) is 26.7 Å². The summed E-state index contributed by atoms with van der Waals surface area (Å²) < 4.78 is 15.5. The van der Waals surface area contributed by atoms with E-state index in [1.807, 2.05) is 20.8 Å².